The molecule has 1 unspecified atom stereocenters. The maximum atomic E-state index is 6.21. The van der Waals surface area contributed by atoms with Crippen LogP contribution < -0.4 is 15.2 Å². The van der Waals surface area contributed by atoms with E-state index in [2.05, 4.69) is 14.5 Å². The van der Waals surface area contributed by atoms with Gasteiger partial charge < -0.3 is 24.5 Å². The molecule has 0 bridgehead atoms. The fraction of sp³-hybridized carbons (Fsp3) is 0.182. The Hall–Kier alpha value is -3.58. The average Bonchev–Trinajstić information content (AvgIpc) is 3.28. The quantitative estimate of drug-likeness (QED) is 0.558. The number of methoxy groups -OCH3 is 1. The first-order valence-corrected chi connectivity index (χ1v) is 9.33. The van der Waals surface area contributed by atoms with Crippen LogP contribution in [0.5, 0.6) is 17.2 Å². The third kappa shape index (κ3) is 2.87. The summed E-state index contributed by atoms with van der Waals surface area (Å²) in [5, 5.41) is 0. The highest BCUT2D eigenvalue weighted by Crippen LogP contribution is 2.40. The Bertz CT molecular complexity index is 1200. The van der Waals surface area contributed by atoms with Crippen molar-refractivity contribution in [2.75, 3.05) is 12.8 Å². The number of aromatic nitrogens is 3. The van der Waals surface area contributed by atoms with E-state index < -0.39 is 0 Å². The van der Waals surface area contributed by atoms with Gasteiger partial charge in [-0.2, -0.15) is 0 Å². The largest absolute Gasteiger partial charge is 0.497 e. The summed E-state index contributed by atoms with van der Waals surface area (Å²) in [6, 6.07) is 15.3. The van der Waals surface area contributed by atoms with Gasteiger partial charge in [-0.05, 0) is 43.3 Å². The predicted molar refractivity (Wildman–Crippen MR) is 110 cm³/mol. The Labute approximate surface area is 167 Å². The molecule has 2 aromatic carbocycles. The first-order chi connectivity index (χ1) is 14.2. The van der Waals surface area contributed by atoms with E-state index in [4.69, 9.17) is 19.9 Å². The number of rotatable bonds is 4. The molecular weight excluding hydrogens is 368 g/mol. The van der Waals surface area contributed by atoms with Gasteiger partial charge in [0.1, 0.15) is 34.6 Å². The highest BCUT2D eigenvalue weighted by atomic mass is 16.5. The van der Waals surface area contributed by atoms with E-state index in [9.17, 15) is 0 Å². The van der Waals surface area contributed by atoms with E-state index in [1.54, 1.807) is 7.11 Å². The lowest BCUT2D eigenvalue weighted by Gasteiger charge is -2.12. The highest BCUT2D eigenvalue weighted by molar-refractivity contribution is 5.91. The Morgan fingerprint density at radius 3 is 2.66 bits per heavy atom. The summed E-state index contributed by atoms with van der Waals surface area (Å²) >= 11 is 0. The zero-order chi connectivity index (χ0) is 20.0. The predicted octanol–water partition coefficient (Wildman–Crippen LogP) is 4.39. The molecule has 0 spiro atoms. The molecule has 7 nitrogen and oxygen atoms in total. The molecule has 3 heterocycles. The first-order valence-electron chi connectivity index (χ1n) is 9.33. The van der Waals surface area contributed by atoms with Gasteiger partial charge in [0.2, 0.25) is 0 Å². The van der Waals surface area contributed by atoms with Gasteiger partial charge in [0.25, 0.3) is 0 Å². The topological polar surface area (TPSA) is 84.4 Å². The average molecular weight is 388 g/mol. The second-order valence-corrected chi connectivity index (χ2v) is 6.88. The molecule has 29 heavy (non-hydrogen) atoms. The molecule has 0 fully saturated rings. The standard InChI is InChI=1S/C22H20N4O3/c1-13-19-18(11-28-13)26(21-20(19)24-12-25-22(21)23)14-6-8-15(9-7-14)29-17-5-3-4-16(10-17)27-2/h3-10,12-13H,11H2,1-2H3,(H2,23,24,25). The number of anilines is 1. The van der Waals surface area contributed by atoms with Crippen LogP contribution in [0.15, 0.2) is 54.9 Å². The number of ether oxygens (including phenoxy) is 3. The molecule has 5 rings (SSSR count). The highest BCUT2D eigenvalue weighted by Gasteiger charge is 2.30. The van der Waals surface area contributed by atoms with Crippen LogP contribution in [0.2, 0.25) is 0 Å². The Balaban J connectivity index is 1.55. The van der Waals surface area contributed by atoms with Crippen LogP contribution in [0.4, 0.5) is 5.82 Å². The molecule has 0 aliphatic carbocycles. The minimum Gasteiger partial charge on any atom is -0.497 e. The van der Waals surface area contributed by atoms with Crippen LogP contribution in [0, 0.1) is 0 Å². The zero-order valence-electron chi connectivity index (χ0n) is 16.1. The molecule has 0 saturated heterocycles. The number of nitrogen functional groups attached to an aromatic ring is 1. The minimum absolute atomic E-state index is 0.0290. The summed E-state index contributed by atoms with van der Waals surface area (Å²) in [6.45, 7) is 2.54. The fourth-order valence-electron chi connectivity index (χ4n) is 3.81. The van der Waals surface area contributed by atoms with Crippen molar-refractivity contribution in [2.45, 2.75) is 19.6 Å². The second-order valence-electron chi connectivity index (χ2n) is 6.88. The van der Waals surface area contributed by atoms with E-state index in [0.29, 0.717) is 18.2 Å². The van der Waals surface area contributed by atoms with E-state index in [-0.39, 0.29) is 6.10 Å². The molecule has 7 heteroatoms. The van der Waals surface area contributed by atoms with E-state index in [1.807, 2.05) is 55.5 Å². The smallest absolute Gasteiger partial charge is 0.151 e. The minimum atomic E-state index is -0.0290. The molecule has 2 N–H and O–H groups in total. The van der Waals surface area contributed by atoms with Crippen molar-refractivity contribution in [2.24, 2.45) is 0 Å². The van der Waals surface area contributed by atoms with Gasteiger partial charge in [0, 0.05) is 17.3 Å². The number of fused-ring (bicyclic) bond motifs is 3. The van der Waals surface area contributed by atoms with Crippen LogP contribution in [0.3, 0.4) is 0 Å². The first kappa shape index (κ1) is 17.5. The van der Waals surface area contributed by atoms with Crippen molar-refractivity contribution in [1.82, 2.24) is 14.5 Å². The van der Waals surface area contributed by atoms with E-state index in [0.717, 1.165) is 39.5 Å². The van der Waals surface area contributed by atoms with Gasteiger partial charge in [0.05, 0.1) is 25.5 Å². The van der Waals surface area contributed by atoms with Crippen molar-refractivity contribution in [3.63, 3.8) is 0 Å². The van der Waals surface area contributed by atoms with Crippen LogP contribution in [0.1, 0.15) is 24.3 Å². The zero-order valence-corrected chi connectivity index (χ0v) is 16.1. The summed E-state index contributed by atoms with van der Waals surface area (Å²) in [6.07, 6.45) is 1.47. The molecule has 0 saturated carbocycles. The van der Waals surface area contributed by atoms with Gasteiger partial charge in [0.15, 0.2) is 5.82 Å². The summed E-state index contributed by atoms with van der Waals surface area (Å²) in [5.41, 5.74) is 11.0. The Morgan fingerprint density at radius 2 is 1.86 bits per heavy atom. The lowest BCUT2D eigenvalue weighted by molar-refractivity contribution is 0.0783. The maximum absolute atomic E-state index is 6.21. The Morgan fingerprint density at radius 1 is 1.07 bits per heavy atom. The van der Waals surface area contributed by atoms with E-state index in [1.165, 1.54) is 6.33 Å². The number of hydrogen-bond donors (Lipinski definition) is 1. The summed E-state index contributed by atoms with van der Waals surface area (Å²) in [7, 11) is 1.63. The van der Waals surface area contributed by atoms with Crippen molar-refractivity contribution in [3.05, 3.63) is 66.1 Å². The van der Waals surface area contributed by atoms with Gasteiger partial charge in [-0.1, -0.05) is 6.07 Å². The molecule has 4 aromatic rings. The molecular formula is C22H20N4O3. The Kier molecular flexibility index (Phi) is 4.10. The molecule has 1 aliphatic rings. The van der Waals surface area contributed by atoms with E-state index >= 15 is 0 Å². The van der Waals surface area contributed by atoms with Crippen molar-refractivity contribution >= 4 is 16.9 Å². The van der Waals surface area contributed by atoms with Gasteiger partial charge in [-0.25, -0.2) is 9.97 Å². The second kappa shape index (κ2) is 6.79. The number of nitrogens with two attached hydrogens (primary N) is 1. The third-order valence-electron chi connectivity index (χ3n) is 5.16. The number of hydrogen-bond acceptors (Lipinski definition) is 6. The molecule has 1 aliphatic heterocycles. The monoisotopic (exact) mass is 388 g/mol. The van der Waals surface area contributed by atoms with Gasteiger partial charge in [-0.3, -0.25) is 0 Å². The lowest BCUT2D eigenvalue weighted by atomic mass is 10.1. The van der Waals surface area contributed by atoms with Crippen LogP contribution in [0.25, 0.3) is 16.7 Å². The summed E-state index contributed by atoms with van der Waals surface area (Å²) < 4.78 is 19.1. The summed E-state index contributed by atoms with van der Waals surface area (Å²) in [4.78, 5) is 8.66. The molecule has 1 atom stereocenters. The molecule has 0 radical (unpaired) electrons. The van der Waals surface area contributed by atoms with Crippen LogP contribution in [-0.2, 0) is 11.3 Å². The van der Waals surface area contributed by atoms with Crippen LogP contribution in [-0.4, -0.2) is 21.6 Å². The summed E-state index contributed by atoms with van der Waals surface area (Å²) in [5.74, 6) is 2.64. The molecule has 2 aromatic heterocycles. The molecule has 146 valence electrons. The fourth-order valence-corrected chi connectivity index (χ4v) is 3.81. The SMILES string of the molecule is COc1cccc(Oc2ccc(-n3c4c(c5ncnc(N)c53)C(C)OC4)cc2)c1. The van der Waals surface area contributed by atoms with Crippen molar-refractivity contribution in [1.29, 1.82) is 0 Å². The van der Waals surface area contributed by atoms with Crippen molar-refractivity contribution in [3.8, 4) is 22.9 Å². The van der Waals surface area contributed by atoms with Crippen molar-refractivity contribution < 1.29 is 14.2 Å². The van der Waals surface area contributed by atoms with Gasteiger partial charge in [-0.15, -0.1) is 0 Å². The molecule has 0 amide bonds. The van der Waals surface area contributed by atoms with Crippen LogP contribution >= 0.6 is 0 Å². The number of nitrogens with zero attached hydrogens (tertiary/aromatic N) is 3. The normalized spacial score (nSPS) is 15.4. The lowest BCUT2D eigenvalue weighted by Crippen LogP contribution is -2.03. The number of benzene rings is 2. The maximum Gasteiger partial charge on any atom is 0.151 e. The third-order valence-corrected chi connectivity index (χ3v) is 5.16. The van der Waals surface area contributed by atoms with Gasteiger partial charge >= 0.3 is 0 Å².